The van der Waals surface area contributed by atoms with Gasteiger partial charge < -0.3 is 14.6 Å². The molecule has 1 N–H and O–H groups in total. The van der Waals surface area contributed by atoms with Gasteiger partial charge in [0.05, 0.1) is 17.5 Å². The van der Waals surface area contributed by atoms with Crippen molar-refractivity contribution in [3.63, 3.8) is 0 Å². The highest BCUT2D eigenvalue weighted by atomic mass is 35.5. The Morgan fingerprint density at radius 1 is 1.25 bits per heavy atom. The van der Waals surface area contributed by atoms with Gasteiger partial charge in [-0.05, 0) is 43.7 Å². The first kappa shape index (κ1) is 22.2. The van der Waals surface area contributed by atoms with Crippen LogP contribution in [0.3, 0.4) is 0 Å². The summed E-state index contributed by atoms with van der Waals surface area (Å²) in [4.78, 5) is 26.7. The first-order valence-electron chi connectivity index (χ1n) is 9.97. The monoisotopic (exact) mass is 471 g/mol. The maximum absolute atomic E-state index is 12.6. The zero-order valence-electron chi connectivity index (χ0n) is 17.8. The highest BCUT2D eigenvalue weighted by Crippen LogP contribution is 2.37. The maximum Gasteiger partial charge on any atom is 0.265 e. The number of halogens is 1. The van der Waals surface area contributed by atoms with E-state index < -0.39 is 0 Å². The van der Waals surface area contributed by atoms with Gasteiger partial charge >= 0.3 is 0 Å². The summed E-state index contributed by atoms with van der Waals surface area (Å²) in [6.07, 6.45) is 0. The van der Waals surface area contributed by atoms with Crippen LogP contribution in [0.2, 0.25) is 5.02 Å². The zero-order chi connectivity index (χ0) is 22.8. The summed E-state index contributed by atoms with van der Waals surface area (Å²) in [7, 11) is 1.82. The number of carbonyl (C=O) groups excluding carboxylic acids is 2. The lowest BCUT2D eigenvalue weighted by Crippen LogP contribution is -2.41. The van der Waals surface area contributed by atoms with Crippen molar-refractivity contribution in [2.75, 3.05) is 22.6 Å². The molecular weight excluding hydrogens is 450 g/mol. The number of anilines is 2. The SMILES string of the molecule is Cc1c(Cl)cccc1NC(=O)CSc1nnc([C@@H](C)N2C(=O)COc3ccccc32)n1C. The molecule has 8 nitrogen and oxygen atoms in total. The molecule has 1 atom stereocenters. The van der Waals surface area contributed by atoms with E-state index in [1.807, 2.05) is 51.2 Å². The van der Waals surface area contributed by atoms with E-state index in [1.54, 1.807) is 21.6 Å². The molecule has 0 saturated carbocycles. The largest absolute Gasteiger partial charge is 0.482 e. The summed E-state index contributed by atoms with van der Waals surface area (Å²) in [5.41, 5.74) is 2.20. The Morgan fingerprint density at radius 3 is 2.84 bits per heavy atom. The summed E-state index contributed by atoms with van der Waals surface area (Å²) < 4.78 is 7.33. The van der Waals surface area contributed by atoms with Gasteiger partial charge in [0.2, 0.25) is 5.91 Å². The van der Waals surface area contributed by atoms with Crippen LogP contribution < -0.4 is 15.0 Å². The fourth-order valence-electron chi connectivity index (χ4n) is 3.54. The minimum Gasteiger partial charge on any atom is -0.482 e. The topological polar surface area (TPSA) is 89.3 Å². The molecule has 0 radical (unpaired) electrons. The highest BCUT2D eigenvalue weighted by Gasteiger charge is 2.32. The number of carbonyl (C=O) groups is 2. The lowest BCUT2D eigenvalue weighted by atomic mass is 10.1. The third-order valence-corrected chi connectivity index (χ3v) is 6.68. The van der Waals surface area contributed by atoms with Gasteiger partial charge in [0.1, 0.15) is 5.75 Å². The summed E-state index contributed by atoms with van der Waals surface area (Å²) in [6.45, 7) is 3.73. The molecule has 4 rings (SSSR count). The van der Waals surface area contributed by atoms with Crippen LogP contribution in [0.15, 0.2) is 47.6 Å². The summed E-state index contributed by atoms with van der Waals surface area (Å²) in [6, 6.07) is 12.4. The van der Waals surface area contributed by atoms with Gasteiger partial charge in [0, 0.05) is 17.8 Å². The minimum absolute atomic E-state index is 0.0239. The quantitative estimate of drug-likeness (QED) is 0.547. The Morgan fingerprint density at radius 2 is 2.03 bits per heavy atom. The molecule has 3 aromatic rings. The Labute approximate surface area is 194 Å². The summed E-state index contributed by atoms with van der Waals surface area (Å²) in [5, 5.41) is 12.6. The van der Waals surface area contributed by atoms with Gasteiger partial charge in [0.15, 0.2) is 17.6 Å². The van der Waals surface area contributed by atoms with Crippen molar-refractivity contribution in [2.45, 2.75) is 25.0 Å². The Bertz CT molecular complexity index is 1180. The molecule has 2 heterocycles. The van der Waals surface area contributed by atoms with E-state index in [4.69, 9.17) is 16.3 Å². The van der Waals surface area contributed by atoms with Crippen molar-refractivity contribution >= 4 is 46.6 Å². The number of hydrogen-bond acceptors (Lipinski definition) is 6. The maximum atomic E-state index is 12.6. The van der Waals surface area contributed by atoms with E-state index in [9.17, 15) is 9.59 Å². The third kappa shape index (κ3) is 4.31. The van der Waals surface area contributed by atoms with Crippen molar-refractivity contribution in [1.82, 2.24) is 14.8 Å². The standard InChI is InChI=1S/C22H22ClN5O3S/c1-13-15(23)7-6-8-16(13)24-19(29)12-32-22-26-25-21(27(22)3)14(2)28-17-9-4-5-10-18(17)31-11-20(28)30/h4-10,14H,11-12H2,1-3H3,(H,24,29)/t14-/m1/s1. The van der Waals surface area contributed by atoms with E-state index in [0.717, 1.165) is 5.56 Å². The van der Waals surface area contributed by atoms with Gasteiger partial charge in [-0.1, -0.05) is 41.6 Å². The van der Waals surface area contributed by atoms with Gasteiger partial charge in [-0.25, -0.2) is 0 Å². The fourth-order valence-corrected chi connectivity index (χ4v) is 4.43. The first-order valence-corrected chi connectivity index (χ1v) is 11.3. The van der Waals surface area contributed by atoms with Crippen molar-refractivity contribution in [2.24, 2.45) is 7.05 Å². The predicted octanol–water partition coefficient (Wildman–Crippen LogP) is 3.99. The normalized spacial score (nSPS) is 14.0. The second-order valence-electron chi connectivity index (χ2n) is 7.35. The lowest BCUT2D eigenvalue weighted by molar-refractivity contribution is -0.121. The molecule has 1 aromatic heterocycles. The van der Waals surface area contributed by atoms with Crippen LogP contribution in [0.5, 0.6) is 5.75 Å². The van der Waals surface area contributed by atoms with Crippen LogP contribution in [0, 0.1) is 6.92 Å². The van der Waals surface area contributed by atoms with E-state index in [1.165, 1.54) is 11.8 Å². The number of rotatable bonds is 6. The first-order chi connectivity index (χ1) is 15.4. The lowest BCUT2D eigenvalue weighted by Gasteiger charge is -2.33. The number of benzene rings is 2. The van der Waals surface area contributed by atoms with Crippen LogP contribution in [0.1, 0.15) is 24.4 Å². The van der Waals surface area contributed by atoms with Crippen LogP contribution in [-0.2, 0) is 16.6 Å². The number of nitrogens with one attached hydrogen (secondary N) is 1. The molecule has 0 bridgehead atoms. The zero-order valence-corrected chi connectivity index (χ0v) is 19.4. The van der Waals surface area contributed by atoms with E-state index in [-0.39, 0.29) is 30.2 Å². The number of ether oxygens (including phenoxy) is 1. The molecule has 2 aromatic carbocycles. The number of para-hydroxylation sites is 2. The number of nitrogens with zero attached hydrogens (tertiary/aromatic N) is 4. The van der Waals surface area contributed by atoms with Gasteiger partial charge in [-0.2, -0.15) is 0 Å². The van der Waals surface area contributed by atoms with E-state index in [0.29, 0.717) is 33.1 Å². The summed E-state index contributed by atoms with van der Waals surface area (Å²) >= 11 is 7.39. The molecule has 10 heteroatoms. The van der Waals surface area contributed by atoms with E-state index >= 15 is 0 Å². The predicted molar refractivity (Wildman–Crippen MR) is 124 cm³/mol. The van der Waals surface area contributed by atoms with Crippen LogP contribution in [0.25, 0.3) is 0 Å². The second-order valence-corrected chi connectivity index (χ2v) is 8.69. The van der Waals surface area contributed by atoms with Gasteiger partial charge in [0.25, 0.3) is 5.91 Å². The average molecular weight is 472 g/mol. The molecule has 2 amide bonds. The Kier molecular flexibility index (Phi) is 6.38. The van der Waals surface area contributed by atoms with Crippen molar-refractivity contribution in [1.29, 1.82) is 0 Å². The number of hydrogen-bond donors (Lipinski definition) is 1. The molecule has 32 heavy (non-hydrogen) atoms. The number of thioether (sulfide) groups is 1. The van der Waals surface area contributed by atoms with Crippen LogP contribution >= 0.6 is 23.4 Å². The van der Waals surface area contributed by atoms with Crippen LogP contribution in [-0.4, -0.2) is 38.9 Å². The van der Waals surface area contributed by atoms with Crippen molar-refractivity contribution in [3.8, 4) is 5.75 Å². The van der Waals surface area contributed by atoms with Gasteiger partial charge in [-0.15, -0.1) is 10.2 Å². The molecule has 0 saturated heterocycles. The number of amides is 2. The van der Waals surface area contributed by atoms with Crippen molar-refractivity contribution < 1.29 is 14.3 Å². The highest BCUT2D eigenvalue weighted by molar-refractivity contribution is 7.99. The molecule has 0 spiro atoms. The third-order valence-electron chi connectivity index (χ3n) is 5.25. The number of fused-ring (bicyclic) bond motifs is 1. The molecule has 166 valence electrons. The Balaban J connectivity index is 1.46. The molecule has 1 aliphatic rings. The van der Waals surface area contributed by atoms with Gasteiger partial charge in [-0.3, -0.25) is 14.5 Å². The molecule has 0 unspecified atom stereocenters. The minimum atomic E-state index is -0.359. The van der Waals surface area contributed by atoms with Crippen LogP contribution in [0.4, 0.5) is 11.4 Å². The molecular formula is C22H22ClN5O3S. The van der Waals surface area contributed by atoms with E-state index in [2.05, 4.69) is 15.5 Å². The molecule has 0 aliphatic carbocycles. The van der Waals surface area contributed by atoms with Crippen molar-refractivity contribution in [3.05, 3.63) is 58.9 Å². The smallest absolute Gasteiger partial charge is 0.265 e. The summed E-state index contributed by atoms with van der Waals surface area (Å²) in [5.74, 6) is 1.11. The molecule has 0 fully saturated rings. The average Bonchev–Trinajstić information content (AvgIpc) is 3.15. The fraction of sp³-hybridized carbons (Fsp3) is 0.273. The second kappa shape index (κ2) is 9.22. The number of aromatic nitrogens is 3. The Hall–Kier alpha value is -3.04. The molecule has 1 aliphatic heterocycles.